The summed E-state index contributed by atoms with van der Waals surface area (Å²) in [5.41, 5.74) is 1.38. The van der Waals surface area contributed by atoms with Crippen LogP contribution in [-0.2, 0) is 9.59 Å². The van der Waals surface area contributed by atoms with E-state index in [1.807, 2.05) is 30.3 Å². The van der Waals surface area contributed by atoms with Gasteiger partial charge in [-0.15, -0.1) is 0 Å². The number of ketones is 1. The first-order valence-electron chi connectivity index (χ1n) is 7.72. The maximum atomic E-state index is 12.5. The molecule has 1 aromatic carbocycles. The van der Waals surface area contributed by atoms with Gasteiger partial charge in [0.2, 0.25) is 0 Å². The van der Waals surface area contributed by atoms with Gasteiger partial charge in [-0.05, 0) is 48.3 Å². The zero-order valence-electron chi connectivity index (χ0n) is 12.9. The largest absolute Gasteiger partial charge is 0.497 e. The number of carbonyl (C=O) groups is 2. The van der Waals surface area contributed by atoms with Gasteiger partial charge >= 0.3 is 0 Å². The average molecular weight is 307 g/mol. The van der Waals surface area contributed by atoms with Crippen molar-refractivity contribution in [3.63, 3.8) is 0 Å². The Morgan fingerprint density at radius 3 is 3.13 bits per heavy atom. The van der Waals surface area contributed by atoms with Crippen molar-refractivity contribution < 1.29 is 14.3 Å². The van der Waals surface area contributed by atoms with E-state index in [0.717, 1.165) is 23.4 Å². The number of amides is 1. The van der Waals surface area contributed by atoms with Crippen LogP contribution in [0.3, 0.4) is 0 Å². The Bertz CT molecular complexity index is 790. The fraction of sp³-hybridized carbons (Fsp3) is 0.263. The van der Waals surface area contributed by atoms with Crippen molar-refractivity contribution in [3.8, 4) is 5.75 Å². The molecule has 1 saturated carbocycles. The van der Waals surface area contributed by atoms with E-state index < -0.39 is 5.41 Å². The standard InChI is InChI=1S/C19H17NO3/c1-23-15-5-2-4-13(10-15)8-9-18(22)20-12-14-11-19(14)16(20)6-3-7-17(19)21/h2-10,14H,11-12H2,1H3. The van der Waals surface area contributed by atoms with Crippen LogP contribution in [0.4, 0.5) is 0 Å². The Morgan fingerprint density at radius 2 is 2.30 bits per heavy atom. The summed E-state index contributed by atoms with van der Waals surface area (Å²) in [4.78, 5) is 26.4. The summed E-state index contributed by atoms with van der Waals surface area (Å²) in [5, 5.41) is 0. The quantitative estimate of drug-likeness (QED) is 0.806. The number of methoxy groups -OCH3 is 1. The molecule has 4 rings (SSSR count). The zero-order valence-corrected chi connectivity index (χ0v) is 12.9. The molecule has 4 heteroatoms. The summed E-state index contributed by atoms with van der Waals surface area (Å²) in [7, 11) is 1.62. The molecule has 1 aliphatic heterocycles. The van der Waals surface area contributed by atoms with Crippen LogP contribution in [-0.4, -0.2) is 30.2 Å². The lowest BCUT2D eigenvalue weighted by molar-refractivity contribution is -0.124. The van der Waals surface area contributed by atoms with E-state index in [2.05, 4.69) is 0 Å². The van der Waals surface area contributed by atoms with Crippen LogP contribution in [0, 0.1) is 11.3 Å². The lowest BCUT2D eigenvalue weighted by Gasteiger charge is -2.24. The maximum Gasteiger partial charge on any atom is 0.250 e. The van der Waals surface area contributed by atoms with Crippen LogP contribution in [0.2, 0.25) is 0 Å². The minimum absolute atomic E-state index is 0.0752. The summed E-state index contributed by atoms with van der Waals surface area (Å²) in [6.45, 7) is 0.639. The summed E-state index contributed by atoms with van der Waals surface area (Å²) >= 11 is 0. The first-order chi connectivity index (χ1) is 11.1. The molecule has 1 aromatic rings. The molecule has 2 aliphatic carbocycles. The molecule has 1 spiro atoms. The van der Waals surface area contributed by atoms with Crippen LogP contribution in [0.1, 0.15) is 12.0 Å². The van der Waals surface area contributed by atoms with Crippen LogP contribution in [0.15, 0.2) is 54.3 Å². The highest BCUT2D eigenvalue weighted by Crippen LogP contribution is 2.65. The molecule has 0 N–H and O–H groups in total. The van der Waals surface area contributed by atoms with Gasteiger partial charge in [0.1, 0.15) is 5.75 Å². The number of benzene rings is 1. The van der Waals surface area contributed by atoms with E-state index in [1.165, 1.54) is 0 Å². The van der Waals surface area contributed by atoms with Crippen LogP contribution in [0.25, 0.3) is 6.08 Å². The van der Waals surface area contributed by atoms with Crippen LogP contribution < -0.4 is 4.74 Å². The van der Waals surface area contributed by atoms with Crippen LogP contribution >= 0.6 is 0 Å². The summed E-state index contributed by atoms with van der Waals surface area (Å²) in [6, 6.07) is 7.54. The lowest BCUT2D eigenvalue weighted by Crippen LogP contribution is -2.31. The van der Waals surface area contributed by atoms with Crippen LogP contribution in [0.5, 0.6) is 5.75 Å². The Labute approximate surface area is 134 Å². The molecule has 3 aliphatic rings. The van der Waals surface area contributed by atoms with Crippen molar-refractivity contribution >= 4 is 17.8 Å². The first kappa shape index (κ1) is 14.0. The molecule has 0 radical (unpaired) electrons. The number of ether oxygens (including phenoxy) is 1. The number of carbonyl (C=O) groups excluding carboxylic acids is 2. The van der Waals surface area contributed by atoms with Crippen molar-refractivity contribution in [2.24, 2.45) is 11.3 Å². The molecule has 2 atom stereocenters. The summed E-state index contributed by atoms with van der Waals surface area (Å²) in [6.07, 6.45) is 9.51. The van der Waals surface area contributed by atoms with E-state index in [-0.39, 0.29) is 11.7 Å². The second-order valence-electron chi connectivity index (χ2n) is 6.21. The average Bonchev–Trinajstić information content (AvgIpc) is 3.19. The van der Waals surface area contributed by atoms with Gasteiger partial charge < -0.3 is 9.64 Å². The molecule has 23 heavy (non-hydrogen) atoms. The molecular formula is C19H17NO3. The molecule has 2 fully saturated rings. The smallest absolute Gasteiger partial charge is 0.250 e. The van der Waals surface area contributed by atoms with Crippen molar-refractivity contribution in [1.82, 2.24) is 4.90 Å². The van der Waals surface area contributed by atoms with Gasteiger partial charge in [0, 0.05) is 18.3 Å². The number of allylic oxidation sites excluding steroid dienone is 4. The molecule has 1 heterocycles. The third kappa shape index (κ3) is 2.05. The lowest BCUT2D eigenvalue weighted by atomic mass is 9.91. The van der Waals surface area contributed by atoms with Gasteiger partial charge in [0.25, 0.3) is 5.91 Å². The highest BCUT2D eigenvalue weighted by atomic mass is 16.5. The third-order valence-corrected chi connectivity index (χ3v) is 4.98. The van der Waals surface area contributed by atoms with E-state index >= 15 is 0 Å². The fourth-order valence-corrected chi connectivity index (χ4v) is 3.68. The minimum atomic E-state index is -0.395. The van der Waals surface area contributed by atoms with Gasteiger partial charge in [-0.2, -0.15) is 0 Å². The Balaban J connectivity index is 1.54. The molecule has 1 saturated heterocycles. The van der Waals surface area contributed by atoms with Gasteiger partial charge in [0.05, 0.1) is 12.5 Å². The molecule has 4 nitrogen and oxygen atoms in total. The monoisotopic (exact) mass is 307 g/mol. The normalized spacial score (nSPS) is 27.7. The maximum absolute atomic E-state index is 12.5. The predicted molar refractivity (Wildman–Crippen MR) is 86.5 cm³/mol. The molecule has 2 unspecified atom stereocenters. The minimum Gasteiger partial charge on any atom is -0.497 e. The topological polar surface area (TPSA) is 46.6 Å². The molecule has 0 aromatic heterocycles. The first-order valence-corrected chi connectivity index (χ1v) is 7.72. The van der Waals surface area contributed by atoms with Gasteiger partial charge in [0.15, 0.2) is 5.78 Å². The number of hydrogen-bond donors (Lipinski definition) is 0. The number of hydrogen-bond acceptors (Lipinski definition) is 3. The second kappa shape index (κ2) is 4.95. The highest BCUT2D eigenvalue weighted by molar-refractivity contribution is 6.04. The highest BCUT2D eigenvalue weighted by Gasteiger charge is 2.68. The van der Waals surface area contributed by atoms with Crippen molar-refractivity contribution in [2.45, 2.75) is 6.42 Å². The fourth-order valence-electron chi connectivity index (χ4n) is 3.68. The van der Waals surface area contributed by atoms with Crippen molar-refractivity contribution in [3.05, 3.63) is 59.8 Å². The summed E-state index contributed by atoms with van der Waals surface area (Å²) < 4.78 is 5.18. The van der Waals surface area contributed by atoms with E-state index in [1.54, 1.807) is 36.3 Å². The molecule has 116 valence electrons. The molecule has 1 amide bonds. The number of likely N-dealkylation sites (tertiary alicyclic amines) is 1. The SMILES string of the molecule is COc1cccc(C=CC(=O)N2CC3CC34C(=O)C=CC=C24)c1. The van der Waals surface area contributed by atoms with E-state index in [9.17, 15) is 9.59 Å². The number of rotatable bonds is 3. The van der Waals surface area contributed by atoms with Crippen molar-refractivity contribution in [2.75, 3.05) is 13.7 Å². The van der Waals surface area contributed by atoms with Gasteiger partial charge in [-0.1, -0.05) is 18.2 Å². The molecule has 0 bridgehead atoms. The third-order valence-electron chi connectivity index (χ3n) is 4.98. The molecular weight excluding hydrogens is 290 g/mol. The van der Waals surface area contributed by atoms with E-state index in [0.29, 0.717) is 12.5 Å². The summed E-state index contributed by atoms with van der Waals surface area (Å²) in [5.74, 6) is 1.12. The van der Waals surface area contributed by atoms with Gasteiger partial charge in [-0.3, -0.25) is 9.59 Å². The van der Waals surface area contributed by atoms with E-state index in [4.69, 9.17) is 4.74 Å². The predicted octanol–water partition coefficient (Wildman–Crippen LogP) is 2.58. The second-order valence-corrected chi connectivity index (χ2v) is 6.21. The Kier molecular flexibility index (Phi) is 3.01. The van der Waals surface area contributed by atoms with Gasteiger partial charge in [-0.25, -0.2) is 0 Å². The number of piperidine rings is 1. The Morgan fingerprint density at radius 1 is 1.43 bits per heavy atom. The Hall–Kier alpha value is -2.62. The zero-order chi connectivity index (χ0) is 16.0. The van der Waals surface area contributed by atoms with Crippen molar-refractivity contribution in [1.29, 1.82) is 0 Å². The number of nitrogens with zero attached hydrogens (tertiary/aromatic N) is 1.